The Morgan fingerprint density at radius 2 is 2.04 bits per heavy atom. The highest BCUT2D eigenvalue weighted by Crippen LogP contribution is 2.28. The number of hydrogen-bond acceptors (Lipinski definition) is 8. The quantitative estimate of drug-likeness (QED) is 0.497. The maximum absolute atomic E-state index is 12.2. The monoisotopic (exact) mass is 372 g/mol. The zero-order valence-corrected chi connectivity index (χ0v) is 14.8. The van der Waals surface area contributed by atoms with E-state index in [1.54, 1.807) is 24.3 Å². The van der Waals surface area contributed by atoms with Gasteiger partial charge in [0.2, 0.25) is 11.6 Å². The summed E-state index contributed by atoms with van der Waals surface area (Å²) in [7, 11) is 0. The second-order valence-electron chi connectivity index (χ2n) is 6.14. The molecule has 142 valence electrons. The van der Waals surface area contributed by atoms with Crippen LogP contribution in [-0.2, 0) is 4.74 Å². The predicted octanol–water partition coefficient (Wildman–Crippen LogP) is 2.04. The first-order chi connectivity index (χ1) is 13.0. The molecule has 10 nitrogen and oxygen atoms in total. The van der Waals surface area contributed by atoms with E-state index in [0.29, 0.717) is 18.7 Å². The summed E-state index contributed by atoms with van der Waals surface area (Å²) in [6.45, 7) is 3.01. The van der Waals surface area contributed by atoms with E-state index >= 15 is 0 Å². The van der Waals surface area contributed by atoms with E-state index in [2.05, 4.69) is 26.1 Å². The van der Waals surface area contributed by atoms with Crippen LogP contribution in [0.15, 0.2) is 30.6 Å². The van der Waals surface area contributed by atoms with Gasteiger partial charge in [-0.1, -0.05) is 17.7 Å². The molecule has 10 heteroatoms. The molecule has 0 spiro atoms. The van der Waals surface area contributed by atoms with E-state index in [0.717, 1.165) is 18.4 Å². The van der Waals surface area contributed by atoms with Crippen molar-refractivity contribution in [2.24, 2.45) is 0 Å². The van der Waals surface area contributed by atoms with Crippen LogP contribution in [0.4, 0.5) is 17.3 Å². The number of nitrogens with one attached hydrogen (secondary N) is 3. The van der Waals surface area contributed by atoms with Crippen LogP contribution in [0.25, 0.3) is 0 Å². The Kier molecular flexibility index (Phi) is 5.77. The Balaban J connectivity index is 1.70. The molecule has 0 radical (unpaired) electrons. The van der Waals surface area contributed by atoms with Gasteiger partial charge in [-0.2, -0.15) is 0 Å². The molecule has 1 aromatic carbocycles. The van der Waals surface area contributed by atoms with Crippen molar-refractivity contribution in [2.45, 2.75) is 25.9 Å². The lowest BCUT2D eigenvalue weighted by Gasteiger charge is -2.13. The molecule has 1 fully saturated rings. The molecule has 1 unspecified atom stereocenters. The lowest BCUT2D eigenvalue weighted by atomic mass is 10.1. The lowest BCUT2D eigenvalue weighted by Crippen LogP contribution is -2.30. The second kappa shape index (κ2) is 8.41. The van der Waals surface area contributed by atoms with Crippen LogP contribution in [-0.4, -0.2) is 40.1 Å². The molecule has 1 aromatic heterocycles. The first-order valence-electron chi connectivity index (χ1n) is 8.52. The van der Waals surface area contributed by atoms with Crippen LogP contribution in [0.2, 0.25) is 0 Å². The predicted molar refractivity (Wildman–Crippen MR) is 98.4 cm³/mol. The summed E-state index contributed by atoms with van der Waals surface area (Å²) in [5.41, 5.74) is 6.02. The SMILES string of the molecule is Cc1ccc(C(=O)NNc2ncnc(NCC3CCCO3)c2[N+](=O)[O-])cc1. The Labute approximate surface area is 155 Å². The summed E-state index contributed by atoms with van der Waals surface area (Å²) >= 11 is 0. The van der Waals surface area contributed by atoms with Gasteiger partial charge in [0.15, 0.2) is 0 Å². The van der Waals surface area contributed by atoms with Crippen LogP contribution in [0.3, 0.4) is 0 Å². The van der Waals surface area contributed by atoms with Gasteiger partial charge in [-0.3, -0.25) is 25.8 Å². The fourth-order valence-electron chi connectivity index (χ4n) is 2.68. The minimum atomic E-state index is -0.599. The topological polar surface area (TPSA) is 131 Å². The number of hydrogen-bond donors (Lipinski definition) is 3. The molecule has 2 heterocycles. The number of ether oxygens (including phenoxy) is 1. The first-order valence-corrected chi connectivity index (χ1v) is 8.52. The van der Waals surface area contributed by atoms with Crippen molar-refractivity contribution in [3.05, 3.63) is 51.8 Å². The van der Waals surface area contributed by atoms with E-state index in [4.69, 9.17) is 4.74 Å². The second-order valence-corrected chi connectivity index (χ2v) is 6.14. The molecule has 3 N–H and O–H groups in total. The summed E-state index contributed by atoms with van der Waals surface area (Å²) in [6.07, 6.45) is 3.04. The highest BCUT2D eigenvalue weighted by Gasteiger charge is 2.25. The minimum Gasteiger partial charge on any atom is -0.376 e. The van der Waals surface area contributed by atoms with Gasteiger partial charge < -0.3 is 10.1 Å². The molecule has 0 saturated carbocycles. The molecular formula is C17H20N6O4. The molecule has 2 aromatic rings. The number of carbonyl (C=O) groups excluding carboxylic acids is 1. The number of benzene rings is 1. The van der Waals surface area contributed by atoms with Crippen molar-refractivity contribution in [3.63, 3.8) is 0 Å². The van der Waals surface area contributed by atoms with E-state index < -0.39 is 10.8 Å². The summed E-state index contributed by atoms with van der Waals surface area (Å²) in [6, 6.07) is 6.93. The Hall–Kier alpha value is -3.27. The molecule has 0 bridgehead atoms. The van der Waals surface area contributed by atoms with E-state index in [1.165, 1.54) is 6.33 Å². The lowest BCUT2D eigenvalue weighted by molar-refractivity contribution is -0.383. The number of aromatic nitrogens is 2. The number of rotatable bonds is 7. The van der Waals surface area contributed by atoms with Crippen LogP contribution in [0.5, 0.6) is 0 Å². The van der Waals surface area contributed by atoms with Gasteiger partial charge in [0.05, 0.1) is 11.0 Å². The van der Waals surface area contributed by atoms with Gasteiger partial charge in [0, 0.05) is 18.7 Å². The number of nitro groups is 1. The summed E-state index contributed by atoms with van der Waals surface area (Å²) in [5, 5.41) is 14.4. The Morgan fingerprint density at radius 3 is 2.70 bits per heavy atom. The average Bonchev–Trinajstić information content (AvgIpc) is 3.18. The Morgan fingerprint density at radius 1 is 1.30 bits per heavy atom. The number of hydrazine groups is 1. The molecule has 1 atom stereocenters. The number of aryl methyl sites for hydroxylation is 1. The number of anilines is 2. The van der Waals surface area contributed by atoms with Crippen LogP contribution >= 0.6 is 0 Å². The summed E-state index contributed by atoms with van der Waals surface area (Å²) in [5.74, 6) is -0.473. The smallest absolute Gasteiger partial charge is 0.354 e. The van der Waals surface area contributed by atoms with Gasteiger partial charge in [0.25, 0.3) is 5.91 Å². The van der Waals surface area contributed by atoms with Crippen molar-refractivity contribution in [3.8, 4) is 0 Å². The largest absolute Gasteiger partial charge is 0.376 e. The average molecular weight is 372 g/mol. The number of carbonyl (C=O) groups is 1. The van der Waals surface area contributed by atoms with E-state index in [9.17, 15) is 14.9 Å². The number of amides is 1. The van der Waals surface area contributed by atoms with Gasteiger partial charge in [-0.15, -0.1) is 0 Å². The van der Waals surface area contributed by atoms with Crippen molar-refractivity contribution in [1.29, 1.82) is 0 Å². The van der Waals surface area contributed by atoms with Crippen molar-refractivity contribution >= 4 is 23.2 Å². The van der Waals surface area contributed by atoms with Gasteiger partial charge in [-0.25, -0.2) is 9.97 Å². The molecule has 1 saturated heterocycles. The van der Waals surface area contributed by atoms with E-state index in [1.807, 2.05) is 6.92 Å². The third-order valence-corrected chi connectivity index (χ3v) is 4.13. The van der Waals surface area contributed by atoms with Crippen LogP contribution < -0.4 is 16.2 Å². The molecule has 0 aliphatic carbocycles. The summed E-state index contributed by atoms with van der Waals surface area (Å²) in [4.78, 5) is 30.9. The molecular weight excluding hydrogens is 352 g/mol. The fourth-order valence-corrected chi connectivity index (χ4v) is 2.68. The normalized spacial score (nSPS) is 16.0. The molecule has 1 aliphatic heterocycles. The van der Waals surface area contributed by atoms with Gasteiger partial charge in [0.1, 0.15) is 6.33 Å². The minimum absolute atomic E-state index is 0.00258. The molecule has 3 rings (SSSR count). The molecule has 1 aliphatic rings. The molecule has 1 amide bonds. The Bertz CT molecular complexity index is 821. The maximum atomic E-state index is 12.2. The first kappa shape index (κ1) is 18.5. The van der Waals surface area contributed by atoms with Crippen molar-refractivity contribution in [1.82, 2.24) is 15.4 Å². The van der Waals surface area contributed by atoms with Crippen LogP contribution in [0, 0.1) is 17.0 Å². The fraction of sp³-hybridized carbons (Fsp3) is 0.353. The van der Waals surface area contributed by atoms with Crippen LogP contribution in [0.1, 0.15) is 28.8 Å². The summed E-state index contributed by atoms with van der Waals surface area (Å²) < 4.78 is 5.49. The van der Waals surface area contributed by atoms with E-state index in [-0.39, 0.29) is 23.4 Å². The standard InChI is InChI=1S/C17H20N6O4/c1-11-4-6-12(7-5-11)17(24)22-21-16-14(23(25)26)15(19-10-20-16)18-9-13-3-2-8-27-13/h4-7,10,13H,2-3,8-9H2,1H3,(H,22,24)(H2,18,19,20,21). The number of nitrogens with zero attached hydrogens (tertiary/aromatic N) is 3. The zero-order chi connectivity index (χ0) is 19.2. The third-order valence-electron chi connectivity index (χ3n) is 4.13. The zero-order valence-electron chi connectivity index (χ0n) is 14.8. The third kappa shape index (κ3) is 4.67. The molecule has 27 heavy (non-hydrogen) atoms. The van der Waals surface area contributed by atoms with Crippen molar-refractivity contribution in [2.75, 3.05) is 23.9 Å². The highest BCUT2D eigenvalue weighted by molar-refractivity contribution is 5.95. The highest BCUT2D eigenvalue weighted by atomic mass is 16.6. The van der Waals surface area contributed by atoms with Crippen molar-refractivity contribution < 1.29 is 14.5 Å². The van der Waals surface area contributed by atoms with Gasteiger partial charge >= 0.3 is 5.69 Å². The maximum Gasteiger partial charge on any atom is 0.354 e. The van der Waals surface area contributed by atoms with Gasteiger partial charge in [-0.05, 0) is 31.9 Å².